The van der Waals surface area contributed by atoms with Gasteiger partial charge in [-0.15, -0.1) is 0 Å². The minimum atomic E-state index is -0.724. The van der Waals surface area contributed by atoms with Crippen LogP contribution in [0.5, 0.6) is 5.75 Å². The fourth-order valence-electron chi connectivity index (χ4n) is 1.95. The van der Waals surface area contributed by atoms with Crippen LogP contribution in [0.25, 0.3) is 0 Å². The standard InChI is InChI=1S/C12H14F2O2/c13-8-5-6-11(9(14)7-8)16-12-4-2-1-3-10(12)15/h5-7,10,12,15H,1-4H2/t10-,12-/m0/s1. The largest absolute Gasteiger partial charge is 0.485 e. The van der Waals surface area contributed by atoms with Crippen molar-refractivity contribution in [3.05, 3.63) is 29.8 Å². The van der Waals surface area contributed by atoms with Crippen LogP contribution in [-0.4, -0.2) is 17.3 Å². The summed E-state index contributed by atoms with van der Waals surface area (Å²) in [5, 5.41) is 9.65. The van der Waals surface area contributed by atoms with Crippen LogP contribution in [0, 0.1) is 11.6 Å². The maximum atomic E-state index is 13.3. The van der Waals surface area contributed by atoms with Gasteiger partial charge < -0.3 is 9.84 Å². The van der Waals surface area contributed by atoms with Gasteiger partial charge in [0.25, 0.3) is 0 Å². The highest BCUT2D eigenvalue weighted by molar-refractivity contribution is 5.25. The molecule has 0 bridgehead atoms. The summed E-state index contributed by atoms with van der Waals surface area (Å²) >= 11 is 0. The van der Waals surface area contributed by atoms with Crippen molar-refractivity contribution in [3.8, 4) is 5.75 Å². The molecule has 0 aromatic heterocycles. The fraction of sp³-hybridized carbons (Fsp3) is 0.500. The third kappa shape index (κ3) is 2.50. The molecule has 4 heteroatoms. The molecule has 1 saturated carbocycles. The van der Waals surface area contributed by atoms with E-state index < -0.39 is 17.7 Å². The SMILES string of the molecule is O[C@H]1CCCC[C@@H]1Oc1ccc(F)cc1F. The molecule has 88 valence electrons. The first-order valence-corrected chi connectivity index (χ1v) is 5.46. The molecule has 16 heavy (non-hydrogen) atoms. The molecule has 1 aliphatic rings. The quantitative estimate of drug-likeness (QED) is 0.843. The van der Waals surface area contributed by atoms with E-state index in [-0.39, 0.29) is 11.9 Å². The van der Waals surface area contributed by atoms with Crippen LogP contribution in [0.4, 0.5) is 8.78 Å². The Morgan fingerprint density at radius 1 is 1.19 bits per heavy atom. The van der Waals surface area contributed by atoms with Crippen molar-refractivity contribution in [2.75, 3.05) is 0 Å². The summed E-state index contributed by atoms with van der Waals surface area (Å²) in [7, 11) is 0. The maximum Gasteiger partial charge on any atom is 0.167 e. The van der Waals surface area contributed by atoms with Crippen LogP contribution in [0.3, 0.4) is 0 Å². The number of benzene rings is 1. The summed E-state index contributed by atoms with van der Waals surface area (Å²) in [6.45, 7) is 0. The summed E-state index contributed by atoms with van der Waals surface area (Å²) in [5.74, 6) is -1.35. The number of hydrogen-bond acceptors (Lipinski definition) is 2. The lowest BCUT2D eigenvalue weighted by Crippen LogP contribution is -2.34. The van der Waals surface area contributed by atoms with Gasteiger partial charge in [-0.2, -0.15) is 0 Å². The number of aliphatic hydroxyl groups excluding tert-OH is 1. The minimum Gasteiger partial charge on any atom is -0.485 e. The monoisotopic (exact) mass is 228 g/mol. The predicted octanol–water partition coefficient (Wildman–Crippen LogP) is 2.65. The smallest absolute Gasteiger partial charge is 0.167 e. The molecule has 2 atom stereocenters. The van der Waals surface area contributed by atoms with E-state index in [4.69, 9.17) is 4.74 Å². The van der Waals surface area contributed by atoms with Gasteiger partial charge in [0.2, 0.25) is 0 Å². The Labute approximate surface area is 92.9 Å². The van der Waals surface area contributed by atoms with Gasteiger partial charge in [-0.3, -0.25) is 0 Å². The van der Waals surface area contributed by atoms with Gasteiger partial charge in [-0.05, 0) is 31.4 Å². The Bertz CT molecular complexity index is 368. The molecule has 1 N–H and O–H groups in total. The maximum absolute atomic E-state index is 13.3. The summed E-state index contributed by atoms with van der Waals surface area (Å²) in [4.78, 5) is 0. The van der Waals surface area contributed by atoms with Crippen LogP contribution in [0.2, 0.25) is 0 Å². The highest BCUT2D eigenvalue weighted by Gasteiger charge is 2.25. The zero-order chi connectivity index (χ0) is 11.5. The average molecular weight is 228 g/mol. The topological polar surface area (TPSA) is 29.5 Å². The van der Waals surface area contributed by atoms with E-state index in [1.54, 1.807) is 0 Å². The molecule has 1 fully saturated rings. The van der Waals surface area contributed by atoms with Crippen LogP contribution >= 0.6 is 0 Å². The van der Waals surface area contributed by atoms with Crippen molar-refractivity contribution < 1.29 is 18.6 Å². The van der Waals surface area contributed by atoms with Crippen LogP contribution in [0.1, 0.15) is 25.7 Å². The lowest BCUT2D eigenvalue weighted by Gasteiger charge is -2.28. The molecule has 0 amide bonds. The minimum absolute atomic E-state index is 0.00681. The normalized spacial score (nSPS) is 25.4. The summed E-state index contributed by atoms with van der Waals surface area (Å²) in [6, 6.07) is 3.18. The van der Waals surface area contributed by atoms with Crippen molar-refractivity contribution in [2.24, 2.45) is 0 Å². The number of halogens is 2. The van der Waals surface area contributed by atoms with E-state index in [1.165, 1.54) is 6.07 Å². The summed E-state index contributed by atoms with van der Waals surface area (Å²) in [5.41, 5.74) is 0. The van der Waals surface area contributed by atoms with Gasteiger partial charge in [0.05, 0.1) is 6.10 Å². The predicted molar refractivity (Wildman–Crippen MR) is 55.2 cm³/mol. The Morgan fingerprint density at radius 3 is 2.62 bits per heavy atom. The van der Waals surface area contributed by atoms with Gasteiger partial charge in [-0.1, -0.05) is 6.42 Å². The zero-order valence-corrected chi connectivity index (χ0v) is 8.83. The van der Waals surface area contributed by atoms with E-state index in [0.717, 1.165) is 25.0 Å². The second kappa shape index (κ2) is 4.78. The van der Waals surface area contributed by atoms with Gasteiger partial charge in [0.1, 0.15) is 11.9 Å². The fourth-order valence-corrected chi connectivity index (χ4v) is 1.95. The van der Waals surface area contributed by atoms with E-state index in [9.17, 15) is 13.9 Å². The molecule has 2 rings (SSSR count). The Kier molecular flexibility index (Phi) is 3.39. The van der Waals surface area contributed by atoms with Crippen LogP contribution < -0.4 is 4.74 Å². The zero-order valence-electron chi connectivity index (χ0n) is 8.83. The number of rotatable bonds is 2. The Hall–Kier alpha value is -1.16. The molecular weight excluding hydrogens is 214 g/mol. The van der Waals surface area contributed by atoms with Crippen molar-refractivity contribution >= 4 is 0 Å². The highest BCUT2D eigenvalue weighted by atomic mass is 19.1. The molecule has 0 aliphatic heterocycles. The second-order valence-electron chi connectivity index (χ2n) is 4.08. The molecule has 1 aromatic rings. The average Bonchev–Trinajstić information content (AvgIpc) is 2.25. The molecule has 0 heterocycles. The van der Waals surface area contributed by atoms with Crippen molar-refractivity contribution in [2.45, 2.75) is 37.9 Å². The number of hydrogen-bond donors (Lipinski definition) is 1. The van der Waals surface area contributed by atoms with E-state index in [1.807, 2.05) is 0 Å². The molecule has 2 nitrogen and oxygen atoms in total. The Balaban J connectivity index is 2.07. The first kappa shape index (κ1) is 11.3. The van der Waals surface area contributed by atoms with Crippen molar-refractivity contribution in [1.29, 1.82) is 0 Å². The number of ether oxygens (including phenoxy) is 1. The van der Waals surface area contributed by atoms with Gasteiger partial charge >= 0.3 is 0 Å². The van der Waals surface area contributed by atoms with Gasteiger partial charge in [0.15, 0.2) is 11.6 Å². The Morgan fingerprint density at radius 2 is 1.94 bits per heavy atom. The van der Waals surface area contributed by atoms with E-state index in [2.05, 4.69) is 0 Å². The van der Waals surface area contributed by atoms with Gasteiger partial charge in [-0.25, -0.2) is 8.78 Å². The van der Waals surface area contributed by atoms with Crippen LogP contribution in [-0.2, 0) is 0 Å². The lowest BCUT2D eigenvalue weighted by atomic mass is 9.95. The van der Waals surface area contributed by atoms with E-state index >= 15 is 0 Å². The molecule has 0 radical (unpaired) electrons. The third-order valence-corrected chi connectivity index (χ3v) is 2.84. The molecular formula is C12H14F2O2. The van der Waals surface area contributed by atoms with Crippen molar-refractivity contribution in [1.82, 2.24) is 0 Å². The molecule has 0 unspecified atom stereocenters. The summed E-state index contributed by atoms with van der Waals surface area (Å²) < 4.78 is 31.3. The lowest BCUT2D eigenvalue weighted by molar-refractivity contribution is 0.00494. The first-order chi connectivity index (χ1) is 7.66. The molecule has 1 aliphatic carbocycles. The van der Waals surface area contributed by atoms with Crippen LogP contribution in [0.15, 0.2) is 18.2 Å². The third-order valence-electron chi connectivity index (χ3n) is 2.84. The first-order valence-electron chi connectivity index (χ1n) is 5.46. The summed E-state index contributed by atoms with van der Waals surface area (Å²) in [6.07, 6.45) is 2.37. The van der Waals surface area contributed by atoms with Crippen molar-refractivity contribution in [3.63, 3.8) is 0 Å². The molecule has 0 spiro atoms. The highest BCUT2D eigenvalue weighted by Crippen LogP contribution is 2.25. The van der Waals surface area contributed by atoms with E-state index in [0.29, 0.717) is 12.8 Å². The molecule has 1 aromatic carbocycles. The molecule has 0 saturated heterocycles. The number of aliphatic hydroxyl groups is 1. The second-order valence-corrected chi connectivity index (χ2v) is 4.08. The van der Waals surface area contributed by atoms with Gasteiger partial charge in [0, 0.05) is 6.07 Å².